The van der Waals surface area contributed by atoms with Crippen LogP contribution in [0.1, 0.15) is 27.5 Å². The van der Waals surface area contributed by atoms with Gasteiger partial charge in [-0.3, -0.25) is 0 Å². The maximum absolute atomic E-state index is 11.4. The summed E-state index contributed by atoms with van der Waals surface area (Å²) in [6.45, 7) is 4.13. The molecule has 0 bridgehead atoms. The number of methoxy groups -OCH3 is 1. The van der Waals surface area contributed by atoms with Gasteiger partial charge in [-0.25, -0.2) is 9.78 Å². The lowest BCUT2D eigenvalue weighted by molar-refractivity contribution is 0.0596. The molecule has 7 heteroatoms. The molecule has 0 aromatic carbocycles. The first-order chi connectivity index (χ1) is 8.54. The Kier molecular flexibility index (Phi) is 3.05. The number of aromatic nitrogens is 3. The summed E-state index contributed by atoms with van der Waals surface area (Å²) in [6.07, 6.45) is 1.49. The highest BCUT2D eigenvalue weighted by atomic mass is 16.5. The molecule has 0 unspecified atom stereocenters. The molecule has 2 rings (SSSR count). The maximum Gasteiger partial charge on any atom is 0.360 e. The predicted octanol–water partition coefficient (Wildman–Crippen LogP) is 0.905. The van der Waals surface area contributed by atoms with Crippen LogP contribution < -0.4 is 5.73 Å². The largest absolute Gasteiger partial charge is 0.464 e. The van der Waals surface area contributed by atoms with Crippen LogP contribution in [0.3, 0.4) is 0 Å². The zero-order chi connectivity index (χ0) is 13.3. The van der Waals surface area contributed by atoms with Crippen LogP contribution in [0.2, 0.25) is 0 Å². The molecule has 0 radical (unpaired) electrons. The summed E-state index contributed by atoms with van der Waals surface area (Å²) in [5.74, 6) is 0.437. The van der Waals surface area contributed by atoms with Gasteiger partial charge in [0.2, 0.25) is 0 Å². The van der Waals surface area contributed by atoms with Crippen LogP contribution in [0, 0.1) is 13.8 Å². The van der Waals surface area contributed by atoms with Gasteiger partial charge in [-0.05, 0) is 13.8 Å². The van der Waals surface area contributed by atoms with E-state index < -0.39 is 5.97 Å². The fourth-order valence-corrected chi connectivity index (χ4v) is 1.67. The summed E-state index contributed by atoms with van der Waals surface area (Å²) in [5.41, 5.74) is 7.68. The van der Waals surface area contributed by atoms with Gasteiger partial charge in [0.1, 0.15) is 11.6 Å². The molecule has 0 aliphatic rings. The Morgan fingerprint density at radius 3 is 2.83 bits per heavy atom. The van der Waals surface area contributed by atoms with E-state index in [0.717, 1.165) is 17.0 Å². The number of hydrogen-bond acceptors (Lipinski definition) is 6. The second-order valence-electron chi connectivity index (χ2n) is 3.90. The highest BCUT2D eigenvalue weighted by molar-refractivity contribution is 5.92. The van der Waals surface area contributed by atoms with Crippen molar-refractivity contribution >= 4 is 11.8 Å². The Hall–Kier alpha value is -2.31. The molecule has 0 aliphatic carbocycles. The molecule has 0 saturated heterocycles. The molecular formula is C11H14N4O3. The molecule has 18 heavy (non-hydrogen) atoms. The minimum absolute atomic E-state index is 0.115. The van der Waals surface area contributed by atoms with E-state index >= 15 is 0 Å². The van der Waals surface area contributed by atoms with Gasteiger partial charge in [-0.1, -0.05) is 5.16 Å². The number of rotatable bonds is 3. The van der Waals surface area contributed by atoms with Gasteiger partial charge in [-0.15, -0.1) is 0 Å². The van der Waals surface area contributed by atoms with Crippen LogP contribution in [-0.2, 0) is 11.3 Å². The van der Waals surface area contributed by atoms with Crippen LogP contribution in [0.4, 0.5) is 5.82 Å². The minimum atomic E-state index is -0.551. The third kappa shape index (κ3) is 1.94. The summed E-state index contributed by atoms with van der Waals surface area (Å²) in [4.78, 5) is 15.3. The van der Waals surface area contributed by atoms with Crippen LogP contribution in [0.25, 0.3) is 0 Å². The number of carbonyl (C=O) groups excluding carboxylic acids is 1. The van der Waals surface area contributed by atoms with Crippen molar-refractivity contribution in [2.75, 3.05) is 12.8 Å². The van der Waals surface area contributed by atoms with E-state index in [2.05, 4.69) is 14.9 Å². The lowest BCUT2D eigenvalue weighted by Crippen LogP contribution is -2.09. The van der Waals surface area contributed by atoms with E-state index in [1.54, 1.807) is 4.57 Å². The second-order valence-corrected chi connectivity index (χ2v) is 3.90. The molecule has 0 saturated carbocycles. The third-order valence-electron chi connectivity index (χ3n) is 2.77. The van der Waals surface area contributed by atoms with Gasteiger partial charge in [0.05, 0.1) is 25.7 Å². The average molecular weight is 250 g/mol. The number of nitrogens with two attached hydrogens (primary N) is 1. The van der Waals surface area contributed by atoms with Gasteiger partial charge >= 0.3 is 5.97 Å². The zero-order valence-corrected chi connectivity index (χ0v) is 10.4. The van der Waals surface area contributed by atoms with Crippen molar-refractivity contribution in [3.63, 3.8) is 0 Å². The summed E-state index contributed by atoms with van der Waals surface area (Å²) in [5, 5.41) is 3.86. The van der Waals surface area contributed by atoms with E-state index in [0.29, 0.717) is 6.54 Å². The summed E-state index contributed by atoms with van der Waals surface area (Å²) in [6, 6.07) is 0. The first kappa shape index (κ1) is 12.2. The number of nitrogens with zero attached hydrogens (tertiary/aromatic N) is 3. The first-order valence-electron chi connectivity index (χ1n) is 5.35. The Balaban J connectivity index is 2.31. The summed E-state index contributed by atoms with van der Waals surface area (Å²) in [7, 11) is 1.29. The molecule has 0 aliphatic heterocycles. The van der Waals surface area contributed by atoms with Crippen molar-refractivity contribution < 1.29 is 14.1 Å². The van der Waals surface area contributed by atoms with Gasteiger partial charge in [0, 0.05) is 5.56 Å². The van der Waals surface area contributed by atoms with Crippen LogP contribution in [0.15, 0.2) is 10.9 Å². The lowest BCUT2D eigenvalue weighted by atomic mass is 10.2. The van der Waals surface area contributed by atoms with E-state index in [-0.39, 0.29) is 11.5 Å². The van der Waals surface area contributed by atoms with E-state index in [1.165, 1.54) is 13.4 Å². The molecule has 7 nitrogen and oxygen atoms in total. The van der Waals surface area contributed by atoms with Gasteiger partial charge in [-0.2, -0.15) is 0 Å². The Labute approximate surface area is 104 Å². The molecule has 0 spiro atoms. The lowest BCUT2D eigenvalue weighted by Gasteiger charge is -2.04. The normalized spacial score (nSPS) is 10.6. The number of ether oxygens (including phenoxy) is 1. The third-order valence-corrected chi connectivity index (χ3v) is 2.77. The second kappa shape index (κ2) is 4.52. The first-order valence-corrected chi connectivity index (χ1v) is 5.35. The Morgan fingerprint density at radius 1 is 1.56 bits per heavy atom. The topological polar surface area (TPSA) is 96.2 Å². The molecule has 2 aromatic rings. The number of carbonyl (C=O) groups is 1. The quantitative estimate of drug-likeness (QED) is 0.813. The van der Waals surface area contributed by atoms with Crippen molar-refractivity contribution in [3.05, 3.63) is 29.0 Å². The van der Waals surface area contributed by atoms with Crippen LogP contribution in [-0.4, -0.2) is 27.8 Å². The molecule has 2 heterocycles. The standard InChI is InChI=1S/C11H14N4O3/c1-6-8(7(2)18-14-6)4-15-5-13-9(10(15)12)11(16)17-3/h5H,4,12H2,1-3H3. The van der Waals surface area contributed by atoms with Gasteiger partial charge in [0.25, 0.3) is 0 Å². The number of aryl methyl sites for hydroxylation is 2. The molecular weight excluding hydrogens is 236 g/mol. The number of anilines is 1. The molecule has 0 fully saturated rings. The van der Waals surface area contributed by atoms with Crippen molar-refractivity contribution in [3.8, 4) is 0 Å². The highest BCUT2D eigenvalue weighted by Gasteiger charge is 2.18. The number of esters is 1. The van der Waals surface area contributed by atoms with Crippen LogP contribution >= 0.6 is 0 Å². The molecule has 2 N–H and O–H groups in total. The number of imidazole rings is 1. The van der Waals surface area contributed by atoms with Crippen molar-refractivity contribution in [2.45, 2.75) is 20.4 Å². The van der Waals surface area contributed by atoms with Gasteiger partial charge in [0.15, 0.2) is 5.69 Å². The van der Waals surface area contributed by atoms with Crippen molar-refractivity contribution in [1.29, 1.82) is 0 Å². The summed E-state index contributed by atoms with van der Waals surface area (Å²) < 4.78 is 11.3. The minimum Gasteiger partial charge on any atom is -0.464 e. The monoisotopic (exact) mass is 250 g/mol. The zero-order valence-electron chi connectivity index (χ0n) is 10.4. The fourth-order valence-electron chi connectivity index (χ4n) is 1.67. The molecule has 0 atom stereocenters. The number of hydrogen-bond donors (Lipinski definition) is 1. The van der Waals surface area contributed by atoms with Gasteiger partial charge < -0.3 is 19.6 Å². The molecule has 96 valence electrons. The fraction of sp³-hybridized carbons (Fsp3) is 0.364. The predicted molar refractivity (Wildman–Crippen MR) is 63.1 cm³/mol. The van der Waals surface area contributed by atoms with Crippen LogP contribution in [0.5, 0.6) is 0 Å². The van der Waals surface area contributed by atoms with Crippen molar-refractivity contribution in [1.82, 2.24) is 14.7 Å². The Morgan fingerprint density at radius 2 is 2.28 bits per heavy atom. The SMILES string of the molecule is COC(=O)c1ncn(Cc2c(C)noc2C)c1N. The Bertz CT molecular complexity index is 566. The summed E-state index contributed by atoms with van der Waals surface area (Å²) >= 11 is 0. The van der Waals surface area contributed by atoms with Crippen molar-refractivity contribution in [2.24, 2.45) is 0 Å². The van der Waals surface area contributed by atoms with E-state index in [1.807, 2.05) is 13.8 Å². The highest BCUT2D eigenvalue weighted by Crippen LogP contribution is 2.18. The smallest absolute Gasteiger partial charge is 0.360 e. The molecule has 2 aromatic heterocycles. The maximum atomic E-state index is 11.4. The molecule has 0 amide bonds. The number of nitrogen functional groups attached to an aromatic ring is 1. The average Bonchev–Trinajstić information content (AvgIpc) is 2.87. The van der Waals surface area contributed by atoms with E-state index in [9.17, 15) is 4.79 Å². The van der Waals surface area contributed by atoms with E-state index in [4.69, 9.17) is 10.3 Å².